The van der Waals surface area contributed by atoms with E-state index in [2.05, 4.69) is 17.1 Å². The Morgan fingerprint density at radius 3 is 2.45 bits per heavy atom. The second-order valence-corrected chi connectivity index (χ2v) is 5.84. The van der Waals surface area contributed by atoms with Crippen LogP contribution in [0.25, 0.3) is 0 Å². The molecule has 2 aromatic carbocycles. The Kier molecular flexibility index (Phi) is 2.79. The first-order chi connectivity index (χ1) is 10.7. The Bertz CT molecular complexity index is 795. The van der Waals surface area contributed by atoms with Gasteiger partial charge in [-0.1, -0.05) is 36.4 Å². The maximum Gasteiger partial charge on any atom is 0.221 e. The van der Waals surface area contributed by atoms with Gasteiger partial charge in [0.1, 0.15) is 12.0 Å². The number of para-hydroxylation sites is 2. The molecule has 0 aromatic heterocycles. The number of nitrogens with zero attached hydrogens (tertiary/aromatic N) is 3. The van der Waals surface area contributed by atoms with Crippen LogP contribution in [0.15, 0.2) is 59.7 Å². The third-order valence-electron chi connectivity index (χ3n) is 4.56. The third kappa shape index (κ3) is 1.70. The van der Waals surface area contributed by atoms with Crippen LogP contribution < -0.4 is 5.01 Å². The number of rotatable bonds is 1. The van der Waals surface area contributed by atoms with Crippen molar-refractivity contribution < 1.29 is 4.74 Å². The summed E-state index contributed by atoms with van der Waals surface area (Å²) in [6.45, 7) is 3.92. The standard InChI is InChI=1S/C18H17N3O/c1-12-17-13(2)21(22)16-11-7-6-10-15(16)18(17)20(19-12)14-8-4-3-5-9-14/h3-11,17-18H,1-2H3. The van der Waals surface area contributed by atoms with Gasteiger partial charge in [-0.3, -0.25) is 5.01 Å². The predicted octanol–water partition coefficient (Wildman–Crippen LogP) is 3.86. The molecule has 2 unspecified atom stereocenters. The summed E-state index contributed by atoms with van der Waals surface area (Å²) in [5, 5.41) is 19.4. The van der Waals surface area contributed by atoms with Crippen molar-refractivity contribution in [1.29, 1.82) is 0 Å². The Morgan fingerprint density at radius 2 is 1.68 bits per heavy atom. The highest BCUT2D eigenvalue weighted by Gasteiger charge is 2.47. The van der Waals surface area contributed by atoms with E-state index >= 15 is 0 Å². The van der Waals surface area contributed by atoms with E-state index in [1.807, 2.05) is 56.3 Å². The quantitative estimate of drug-likeness (QED) is 0.591. The first-order valence-electron chi connectivity index (χ1n) is 7.47. The van der Waals surface area contributed by atoms with Crippen LogP contribution in [0, 0.1) is 11.1 Å². The molecule has 0 N–H and O–H groups in total. The van der Waals surface area contributed by atoms with Crippen LogP contribution in [0.2, 0.25) is 0 Å². The van der Waals surface area contributed by atoms with Gasteiger partial charge < -0.3 is 5.21 Å². The van der Waals surface area contributed by atoms with Gasteiger partial charge in [-0.05, 0) is 19.1 Å². The van der Waals surface area contributed by atoms with Crippen molar-refractivity contribution in [2.24, 2.45) is 11.0 Å². The molecule has 0 spiro atoms. The molecule has 0 aliphatic carbocycles. The second-order valence-electron chi connectivity index (χ2n) is 5.84. The zero-order valence-corrected chi connectivity index (χ0v) is 12.6. The monoisotopic (exact) mass is 291 g/mol. The van der Waals surface area contributed by atoms with Crippen LogP contribution in [0.4, 0.5) is 11.4 Å². The summed E-state index contributed by atoms with van der Waals surface area (Å²) in [6.07, 6.45) is 0. The molecule has 0 amide bonds. The third-order valence-corrected chi connectivity index (χ3v) is 4.56. The molecule has 2 heterocycles. The van der Waals surface area contributed by atoms with Gasteiger partial charge in [-0.15, -0.1) is 0 Å². The molecule has 2 atom stereocenters. The predicted molar refractivity (Wildman–Crippen MR) is 88.7 cm³/mol. The van der Waals surface area contributed by atoms with Crippen LogP contribution in [0.3, 0.4) is 0 Å². The summed E-state index contributed by atoms with van der Waals surface area (Å²) in [5.41, 5.74) is 4.62. The number of hydrogen-bond acceptors (Lipinski definition) is 3. The van der Waals surface area contributed by atoms with E-state index in [1.165, 1.54) is 0 Å². The van der Waals surface area contributed by atoms with Gasteiger partial charge in [0.2, 0.25) is 5.69 Å². The van der Waals surface area contributed by atoms with Crippen molar-refractivity contribution in [2.75, 3.05) is 5.01 Å². The molecule has 2 aliphatic rings. The summed E-state index contributed by atoms with van der Waals surface area (Å²) < 4.78 is 1.06. The molecule has 2 aliphatic heterocycles. The van der Waals surface area contributed by atoms with Gasteiger partial charge in [0.05, 0.1) is 17.0 Å². The van der Waals surface area contributed by atoms with Crippen molar-refractivity contribution in [3.63, 3.8) is 0 Å². The summed E-state index contributed by atoms with van der Waals surface area (Å²) in [7, 11) is 0. The topological polar surface area (TPSA) is 41.7 Å². The Hall–Kier alpha value is -2.62. The molecule has 110 valence electrons. The maximum atomic E-state index is 12.6. The lowest BCUT2D eigenvalue weighted by Gasteiger charge is -2.31. The Labute approximate surface area is 129 Å². The van der Waals surface area contributed by atoms with Crippen LogP contribution in [-0.2, 0) is 0 Å². The van der Waals surface area contributed by atoms with Gasteiger partial charge in [0.25, 0.3) is 0 Å². The molecule has 0 saturated carbocycles. The molecule has 0 bridgehead atoms. The first kappa shape index (κ1) is 13.1. The molecule has 4 heteroatoms. The van der Waals surface area contributed by atoms with Gasteiger partial charge in [0, 0.05) is 13.0 Å². The van der Waals surface area contributed by atoms with Crippen molar-refractivity contribution >= 4 is 22.8 Å². The minimum Gasteiger partial charge on any atom is -0.618 e. The maximum absolute atomic E-state index is 12.6. The van der Waals surface area contributed by atoms with E-state index < -0.39 is 0 Å². The fourth-order valence-electron chi connectivity index (χ4n) is 3.54. The highest BCUT2D eigenvalue weighted by molar-refractivity contribution is 6.08. The molecule has 4 rings (SSSR count). The smallest absolute Gasteiger partial charge is 0.221 e. The van der Waals surface area contributed by atoms with Crippen molar-refractivity contribution in [1.82, 2.24) is 0 Å². The number of benzene rings is 2. The summed E-state index contributed by atoms with van der Waals surface area (Å²) >= 11 is 0. The molecule has 0 radical (unpaired) electrons. The molecule has 2 aromatic rings. The van der Waals surface area contributed by atoms with Gasteiger partial charge in [-0.2, -0.15) is 9.84 Å². The van der Waals surface area contributed by atoms with Crippen LogP contribution in [0.5, 0.6) is 0 Å². The van der Waals surface area contributed by atoms with E-state index in [-0.39, 0.29) is 12.0 Å². The Balaban J connectivity index is 1.92. The van der Waals surface area contributed by atoms with E-state index in [9.17, 15) is 5.21 Å². The van der Waals surface area contributed by atoms with Gasteiger partial charge in [0.15, 0.2) is 5.71 Å². The summed E-state index contributed by atoms with van der Waals surface area (Å²) in [6, 6.07) is 18.0. The number of anilines is 1. The highest BCUT2D eigenvalue weighted by atomic mass is 16.5. The lowest BCUT2D eigenvalue weighted by atomic mass is 9.83. The lowest BCUT2D eigenvalue weighted by molar-refractivity contribution is -0.367. The van der Waals surface area contributed by atoms with E-state index in [4.69, 9.17) is 5.10 Å². The van der Waals surface area contributed by atoms with Gasteiger partial charge in [-0.25, -0.2) is 0 Å². The largest absolute Gasteiger partial charge is 0.618 e. The SMILES string of the molecule is CC1=NN(c2ccccc2)C2c3ccccc3[N+]([O-])=C(C)C12. The average Bonchev–Trinajstić information content (AvgIpc) is 2.91. The van der Waals surface area contributed by atoms with Crippen LogP contribution in [-0.4, -0.2) is 16.2 Å². The fraction of sp³-hybridized carbons (Fsp3) is 0.222. The molecule has 0 fully saturated rings. The minimum atomic E-state index is 0.0348. The molecule has 4 nitrogen and oxygen atoms in total. The van der Waals surface area contributed by atoms with Crippen molar-refractivity contribution in [3.05, 3.63) is 65.4 Å². The van der Waals surface area contributed by atoms with Crippen LogP contribution >= 0.6 is 0 Å². The zero-order valence-electron chi connectivity index (χ0n) is 12.6. The Morgan fingerprint density at radius 1 is 1.00 bits per heavy atom. The molecular weight excluding hydrogens is 274 g/mol. The minimum absolute atomic E-state index is 0.0348. The zero-order chi connectivity index (χ0) is 15.3. The first-order valence-corrected chi connectivity index (χ1v) is 7.47. The molecule has 22 heavy (non-hydrogen) atoms. The van der Waals surface area contributed by atoms with Gasteiger partial charge >= 0.3 is 0 Å². The number of fused-ring (bicyclic) bond motifs is 3. The van der Waals surface area contributed by atoms with Crippen molar-refractivity contribution in [3.8, 4) is 0 Å². The lowest BCUT2D eigenvalue weighted by Crippen LogP contribution is -2.36. The summed E-state index contributed by atoms with van der Waals surface area (Å²) in [5.74, 6) is 0.0348. The van der Waals surface area contributed by atoms with E-state index in [1.54, 1.807) is 0 Å². The normalized spacial score (nSPS) is 23.2. The average molecular weight is 291 g/mol. The van der Waals surface area contributed by atoms with E-state index in [0.29, 0.717) is 0 Å². The molecular formula is C18H17N3O. The van der Waals surface area contributed by atoms with Crippen LogP contribution in [0.1, 0.15) is 25.5 Å². The number of hydrazone groups is 1. The van der Waals surface area contributed by atoms with E-state index in [0.717, 1.165) is 33.1 Å². The second kappa shape index (κ2) is 4.70. The fourth-order valence-corrected chi connectivity index (χ4v) is 3.54. The number of hydrogen-bond donors (Lipinski definition) is 0. The van der Waals surface area contributed by atoms with Crippen molar-refractivity contribution in [2.45, 2.75) is 19.9 Å². The highest BCUT2D eigenvalue weighted by Crippen LogP contribution is 2.45. The summed E-state index contributed by atoms with van der Waals surface area (Å²) in [4.78, 5) is 0. The molecule has 0 saturated heterocycles.